The van der Waals surface area contributed by atoms with Crippen molar-refractivity contribution in [1.29, 1.82) is 0 Å². The van der Waals surface area contributed by atoms with Crippen LogP contribution in [0, 0.1) is 0 Å². The topological polar surface area (TPSA) is 56.3 Å². The fourth-order valence-corrected chi connectivity index (χ4v) is 2.74. The third-order valence-corrected chi connectivity index (χ3v) is 4.24. The molecule has 0 fully saturated rings. The second kappa shape index (κ2) is 5.14. The Kier molecular flexibility index (Phi) is 3.35. The van der Waals surface area contributed by atoms with E-state index in [0.717, 1.165) is 21.5 Å². The second-order valence-electron chi connectivity index (χ2n) is 4.35. The Balaban J connectivity index is 1.79. The second-order valence-corrected chi connectivity index (χ2v) is 5.39. The molecule has 2 heterocycles. The Hall–Kier alpha value is -1.66. The van der Waals surface area contributed by atoms with Gasteiger partial charge in [-0.05, 0) is 26.1 Å². The zero-order chi connectivity index (χ0) is 13.2. The third-order valence-electron chi connectivity index (χ3n) is 3.04. The van der Waals surface area contributed by atoms with Crippen molar-refractivity contribution in [2.24, 2.45) is 0 Å². The zero-order valence-electron chi connectivity index (χ0n) is 10.8. The van der Waals surface area contributed by atoms with E-state index in [2.05, 4.69) is 22.4 Å². The molecule has 19 heavy (non-hydrogen) atoms. The summed E-state index contributed by atoms with van der Waals surface area (Å²) in [5.74, 6) is 1.55. The Morgan fingerprint density at radius 2 is 2.11 bits per heavy atom. The number of aromatic nitrogens is 2. The predicted octanol–water partition coefficient (Wildman–Crippen LogP) is 2.33. The summed E-state index contributed by atoms with van der Waals surface area (Å²) in [6, 6.07) is 7.86. The lowest BCUT2D eigenvalue weighted by molar-refractivity contribution is 0.0906. The van der Waals surface area contributed by atoms with E-state index in [1.165, 1.54) is 0 Å². The van der Waals surface area contributed by atoms with E-state index in [1.54, 1.807) is 11.3 Å². The maximum atomic E-state index is 5.91. The molecule has 5 nitrogen and oxygen atoms in total. The van der Waals surface area contributed by atoms with Crippen molar-refractivity contribution in [3.8, 4) is 11.5 Å². The highest BCUT2D eigenvalue weighted by molar-refractivity contribution is 7.11. The summed E-state index contributed by atoms with van der Waals surface area (Å²) < 4.78 is 11.6. The maximum absolute atomic E-state index is 5.91. The highest BCUT2D eigenvalue weighted by atomic mass is 32.1. The lowest BCUT2D eigenvalue weighted by Gasteiger charge is -2.24. The number of para-hydroxylation sites is 2. The molecule has 100 valence electrons. The van der Waals surface area contributed by atoms with E-state index in [9.17, 15) is 0 Å². The van der Waals surface area contributed by atoms with Crippen molar-refractivity contribution in [2.75, 3.05) is 13.7 Å². The van der Waals surface area contributed by atoms with Gasteiger partial charge in [0.25, 0.3) is 0 Å². The number of hydrogen-bond acceptors (Lipinski definition) is 6. The van der Waals surface area contributed by atoms with Gasteiger partial charge in [0.05, 0.1) is 6.04 Å². The van der Waals surface area contributed by atoms with E-state index >= 15 is 0 Å². The predicted molar refractivity (Wildman–Crippen MR) is 72.7 cm³/mol. The first-order valence-corrected chi connectivity index (χ1v) is 6.98. The molecule has 2 aromatic rings. The van der Waals surface area contributed by atoms with Crippen LogP contribution < -0.4 is 14.8 Å². The highest BCUT2D eigenvalue weighted by Crippen LogP contribution is 2.36. The molecule has 1 aromatic heterocycles. The minimum absolute atomic E-state index is 0.176. The summed E-state index contributed by atoms with van der Waals surface area (Å²) in [7, 11) is 1.90. The smallest absolute Gasteiger partial charge is 0.186 e. The van der Waals surface area contributed by atoms with Gasteiger partial charge in [0.1, 0.15) is 11.6 Å². The number of nitrogens with one attached hydrogen (secondary N) is 1. The van der Waals surface area contributed by atoms with Gasteiger partial charge < -0.3 is 14.8 Å². The van der Waals surface area contributed by atoms with E-state index < -0.39 is 0 Å². The maximum Gasteiger partial charge on any atom is 0.186 e. The minimum atomic E-state index is -0.176. The van der Waals surface area contributed by atoms with E-state index in [0.29, 0.717) is 6.61 Å². The summed E-state index contributed by atoms with van der Waals surface area (Å²) in [5.41, 5.74) is 0. The molecule has 0 aliphatic carbocycles. The van der Waals surface area contributed by atoms with Crippen LogP contribution >= 0.6 is 11.3 Å². The molecule has 2 atom stereocenters. The number of hydrogen-bond donors (Lipinski definition) is 1. The van der Waals surface area contributed by atoms with Gasteiger partial charge in [0, 0.05) is 0 Å². The SMILES string of the molecule is CNC(C)c1nnc(C2COc3ccccc3O2)s1. The van der Waals surface area contributed by atoms with Crippen molar-refractivity contribution >= 4 is 11.3 Å². The average molecular weight is 277 g/mol. The van der Waals surface area contributed by atoms with Crippen LogP contribution in [0.25, 0.3) is 0 Å². The largest absolute Gasteiger partial charge is 0.485 e. The first-order valence-electron chi connectivity index (χ1n) is 6.17. The van der Waals surface area contributed by atoms with Gasteiger partial charge in [-0.15, -0.1) is 10.2 Å². The molecular formula is C13H15N3O2S. The van der Waals surface area contributed by atoms with Crippen molar-refractivity contribution in [2.45, 2.75) is 19.1 Å². The average Bonchev–Trinajstić information content (AvgIpc) is 2.95. The fraction of sp³-hybridized carbons (Fsp3) is 0.385. The van der Waals surface area contributed by atoms with Gasteiger partial charge in [0.15, 0.2) is 22.6 Å². The van der Waals surface area contributed by atoms with E-state index in [1.807, 2.05) is 31.3 Å². The normalized spacial score (nSPS) is 19.2. The Morgan fingerprint density at radius 1 is 1.32 bits per heavy atom. The number of fused-ring (bicyclic) bond motifs is 1. The van der Waals surface area contributed by atoms with Crippen LogP contribution in [0.2, 0.25) is 0 Å². The van der Waals surface area contributed by atoms with Crippen LogP contribution in [0.5, 0.6) is 11.5 Å². The molecule has 0 saturated carbocycles. The summed E-state index contributed by atoms with van der Waals surface area (Å²) in [4.78, 5) is 0. The molecule has 1 N–H and O–H groups in total. The summed E-state index contributed by atoms with van der Waals surface area (Å²) >= 11 is 1.56. The Labute approximate surface area is 115 Å². The van der Waals surface area contributed by atoms with Gasteiger partial charge in [0.2, 0.25) is 0 Å². The van der Waals surface area contributed by atoms with Crippen LogP contribution in [0.1, 0.15) is 29.1 Å². The van der Waals surface area contributed by atoms with Crippen LogP contribution in [0.3, 0.4) is 0 Å². The van der Waals surface area contributed by atoms with E-state index in [-0.39, 0.29) is 12.1 Å². The molecule has 0 bridgehead atoms. The summed E-state index contributed by atoms with van der Waals surface area (Å²) in [5, 5.41) is 13.4. The first-order chi connectivity index (χ1) is 9.28. The van der Waals surface area contributed by atoms with Gasteiger partial charge in [-0.25, -0.2) is 0 Å². The van der Waals surface area contributed by atoms with Gasteiger partial charge >= 0.3 is 0 Å². The van der Waals surface area contributed by atoms with Crippen molar-refractivity contribution in [3.05, 3.63) is 34.3 Å². The van der Waals surface area contributed by atoms with Crippen LogP contribution in [-0.2, 0) is 0 Å². The molecule has 0 amide bonds. The fourth-order valence-electron chi connectivity index (χ4n) is 1.82. The first kappa shape index (κ1) is 12.4. The molecular weight excluding hydrogens is 262 g/mol. The molecule has 6 heteroatoms. The third kappa shape index (κ3) is 2.41. The Bertz CT molecular complexity index is 573. The van der Waals surface area contributed by atoms with Crippen LogP contribution in [0.15, 0.2) is 24.3 Å². The van der Waals surface area contributed by atoms with Crippen molar-refractivity contribution < 1.29 is 9.47 Å². The lowest BCUT2D eigenvalue weighted by atomic mass is 10.3. The number of rotatable bonds is 3. The monoisotopic (exact) mass is 277 g/mol. The summed E-state index contributed by atoms with van der Waals surface area (Å²) in [6.07, 6.45) is -0.176. The van der Waals surface area contributed by atoms with Crippen molar-refractivity contribution in [3.63, 3.8) is 0 Å². The standard InChI is InChI=1S/C13H15N3O2S/c1-8(14-2)12-15-16-13(19-12)11-7-17-9-5-3-4-6-10(9)18-11/h3-6,8,11,14H,7H2,1-2H3. The lowest BCUT2D eigenvalue weighted by Crippen LogP contribution is -2.21. The van der Waals surface area contributed by atoms with E-state index in [4.69, 9.17) is 9.47 Å². The van der Waals surface area contributed by atoms with Crippen molar-refractivity contribution in [1.82, 2.24) is 15.5 Å². The van der Waals surface area contributed by atoms with Crippen LogP contribution in [0.4, 0.5) is 0 Å². The number of benzene rings is 1. The van der Waals surface area contributed by atoms with Gasteiger partial charge in [-0.3, -0.25) is 0 Å². The molecule has 0 spiro atoms. The number of ether oxygens (including phenoxy) is 2. The van der Waals surface area contributed by atoms with Gasteiger partial charge in [-0.2, -0.15) is 0 Å². The summed E-state index contributed by atoms with van der Waals surface area (Å²) in [6.45, 7) is 2.53. The highest BCUT2D eigenvalue weighted by Gasteiger charge is 2.26. The molecule has 1 aromatic carbocycles. The molecule has 2 unspecified atom stereocenters. The van der Waals surface area contributed by atoms with Crippen LogP contribution in [-0.4, -0.2) is 23.9 Å². The molecule has 3 rings (SSSR count). The molecule has 1 aliphatic heterocycles. The van der Waals surface area contributed by atoms with Gasteiger partial charge in [-0.1, -0.05) is 23.5 Å². The Morgan fingerprint density at radius 3 is 2.89 bits per heavy atom. The minimum Gasteiger partial charge on any atom is -0.485 e. The quantitative estimate of drug-likeness (QED) is 0.933. The molecule has 0 saturated heterocycles. The molecule has 1 aliphatic rings. The number of nitrogens with zero attached hydrogens (tertiary/aromatic N) is 2. The molecule has 0 radical (unpaired) electrons. The zero-order valence-corrected chi connectivity index (χ0v) is 11.6.